The average Bonchev–Trinajstić information content (AvgIpc) is 3.62. The Labute approximate surface area is 174 Å². The number of rotatable bonds is 4. The first kappa shape index (κ1) is 19.4. The molecule has 0 bridgehead atoms. The van der Waals surface area contributed by atoms with E-state index >= 15 is 0 Å². The number of halogens is 3. The van der Waals surface area contributed by atoms with E-state index in [1.165, 1.54) is 19.3 Å². The Morgan fingerprint density at radius 2 is 1.33 bits per heavy atom. The molecule has 1 aliphatic heterocycles. The third kappa shape index (κ3) is 3.65. The van der Waals surface area contributed by atoms with E-state index in [2.05, 4.69) is 0 Å². The van der Waals surface area contributed by atoms with Gasteiger partial charge in [-0.15, -0.1) is 0 Å². The zero-order valence-electron chi connectivity index (χ0n) is 16.6. The van der Waals surface area contributed by atoms with Gasteiger partial charge < -0.3 is 4.74 Å². The first-order valence-corrected chi connectivity index (χ1v) is 10.6. The summed E-state index contributed by atoms with van der Waals surface area (Å²) in [5, 5.41) is 0. The second-order valence-corrected chi connectivity index (χ2v) is 8.30. The Morgan fingerprint density at radius 1 is 0.700 bits per heavy atom. The molecule has 1 saturated carbocycles. The molecule has 1 unspecified atom stereocenters. The van der Waals surface area contributed by atoms with Crippen molar-refractivity contribution < 1.29 is 17.9 Å². The van der Waals surface area contributed by atoms with Crippen LogP contribution in [0, 0.1) is 17.5 Å². The van der Waals surface area contributed by atoms with Gasteiger partial charge in [-0.1, -0.05) is 67.8 Å². The van der Waals surface area contributed by atoms with E-state index in [0.29, 0.717) is 23.7 Å². The molecule has 1 nitrogen and oxygen atoms in total. The van der Waals surface area contributed by atoms with Crippen LogP contribution >= 0.6 is 0 Å². The van der Waals surface area contributed by atoms with Crippen molar-refractivity contribution in [2.45, 2.75) is 44.1 Å². The maximum atomic E-state index is 14.8. The molecule has 5 rings (SSSR count). The van der Waals surface area contributed by atoms with Gasteiger partial charge >= 0.3 is 0 Å². The molecule has 1 heterocycles. The van der Waals surface area contributed by atoms with Gasteiger partial charge in [-0.3, -0.25) is 0 Å². The molecule has 0 spiro atoms. The number of benzene rings is 3. The number of hydrogen-bond donors (Lipinski definition) is 0. The molecule has 4 heteroatoms. The molecule has 3 aromatic rings. The SMILES string of the molecule is Fc1cc(C2CCCCC2)ccc1-c1ccc(-c2ccc(C3CO3)c(F)c2F)cc1. The second kappa shape index (κ2) is 7.92. The largest absolute Gasteiger partial charge is 0.368 e. The van der Waals surface area contributed by atoms with Gasteiger partial charge in [-0.25, -0.2) is 13.2 Å². The average molecular weight is 408 g/mol. The molecule has 0 radical (unpaired) electrons. The topological polar surface area (TPSA) is 12.5 Å². The van der Waals surface area contributed by atoms with Gasteiger partial charge in [0, 0.05) is 16.7 Å². The first-order chi connectivity index (χ1) is 14.6. The first-order valence-electron chi connectivity index (χ1n) is 10.6. The van der Waals surface area contributed by atoms with Gasteiger partial charge in [0.2, 0.25) is 0 Å². The van der Waals surface area contributed by atoms with Crippen LogP contribution in [0.2, 0.25) is 0 Å². The van der Waals surface area contributed by atoms with Crippen molar-refractivity contribution in [1.29, 1.82) is 0 Å². The molecule has 0 N–H and O–H groups in total. The van der Waals surface area contributed by atoms with Gasteiger partial charge in [0.15, 0.2) is 11.6 Å². The lowest BCUT2D eigenvalue weighted by Crippen LogP contribution is -2.05. The molecule has 154 valence electrons. The lowest BCUT2D eigenvalue weighted by molar-refractivity contribution is 0.401. The van der Waals surface area contributed by atoms with Crippen LogP contribution in [0.4, 0.5) is 13.2 Å². The van der Waals surface area contributed by atoms with Crippen molar-refractivity contribution in [2.24, 2.45) is 0 Å². The minimum absolute atomic E-state index is 0.191. The van der Waals surface area contributed by atoms with Crippen LogP contribution in [-0.2, 0) is 4.74 Å². The third-order valence-corrected chi connectivity index (χ3v) is 6.37. The summed E-state index contributed by atoms with van der Waals surface area (Å²) in [7, 11) is 0. The maximum absolute atomic E-state index is 14.8. The number of ether oxygens (including phenoxy) is 1. The van der Waals surface area contributed by atoms with Crippen molar-refractivity contribution in [1.82, 2.24) is 0 Å². The molecule has 2 fully saturated rings. The summed E-state index contributed by atoms with van der Waals surface area (Å²) in [4.78, 5) is 0. The second-order valence-electron chi connectivity index (χ2n) is 8.30. The van der Waals surface area contributed by atoms with Crippen LogP contribution in [0.15, 0.2) is 54.6 Å². The van der Waals surface area contributed by atoms with Crippen molar-refractivity contribution in [3.05, 3.63) is 83.2 Å². The van der Waals surface area contributed by atoms with Gasteiger partial charge in [0.1, 0.15) is 11.9 Å². The molecular formula is C26H23F3O. The Bertz CT molecular complexity index is 1060. The fourth-order valence-electron chi connectivity index (χ4n) is 4.55. The zero-order valence-corrected chi connectivity index (χ0v) is 16.6. The van der Waals surface area contributed by atoms with Crippen LogP contribution < -0.4 is 0 Å². The Hall–Kier alpha value is -2.59. The van der Waals surface area contributed by atoms with E-state index < -0.39 is 11.6 Å². The maximum Gasteiger partial charge on any atom is 0.167 e. The lowest BCUT2D eigenvalue weighted by atomic mass is 9.83. The molecule has 30 heavy (non-hydrogen) atoms. The highest BCUT2D eigenvalue weighted by Crippen LogP contribution is 2.37. The van der Waals surface area contributed by atoms with Crippen LogP contribution in [0.1, 0.15) is 55.3 Å². The fourth-order valence-corrected chi connectivity index (χ4v) is 4.55. The molecule has 1 aliphatic carbocycles. The zero-order chi connectivity index (χ0) is 20.7. The van der Waals surface area contributed by atoms with Crippen LogP contribution in [0.3, 0.4) is 0 Å². The molecule has 2 aliphatic rings. The Kier molecular flexibility index (Phi) is 5.11. The minimum Gasteiger partial charge on any atom is -0.368 e. The molecule has 3 aromatic carbocycles. The van der Waals surface area contributed by atoms with Gasteiger partial charge in [-0.05, 0) is 41.5 Å². The predicted molar refractivity (Wildman–Crippen MR) is 112 cm³/mol. The summed E-state index contributed by atoms with van der Waals surface area (Å²) < 4.78 is 48.8. The summed E-state index contributed by atoms with van der Waals surface area (Å²) in [6.45, 7) is 0.426. The highest BCUT2D eigenvalue weighted by molar-refractivity contribution is 5.71. The van der Waals surface area contributed by atoms with Crippen LogP contribution in [-0.4, -0.2) is 6.61 Å². The summed E-state index contributed by atoms with van der Waals surface area (Å²) in [5.74, 6) is -1.52. The normalized spacial score (nSPS) is 19.1. The number of epoxide rings is 1. The quantitative estimate of drug-likeness (QED) is 0.406. The highest BCUT2D eigenvalue weighted by Gasteiger charge is 2.30. The van der Waals surface area contributed by atoms with E-state index in [1.54, 1.807) is 42.5 Å². The molecule has 0 amide bonds. The smallest absolute Gasteiger partial charge is 0.167 e. The van der Waals surface area contributed by atoms with Crippen molar-refractivity contribution in [2.75, 3.05) is 6.61 Å². The number of hydrogen-bond acceptors (Lipinski definition) is 1. The highest BCUT2D eigenvalue weighted by atomic mass is 19.2. The molecule has 0 aromatic heterocycles. The van der Waals surface area contributed by atoms with E-state index in [9.17, 15) is 13.2 Å². The minimum atomic E-state index is -0.876. The van der Waals surface area contributed by atoms with Gasteiger partial charge in [0.05, 0.1) is 6.61 Å². The van der Waals surface area contributed by atoms with Gasteiger partial charge in [0.25, 0.3) is 0 Å². The van der Waals surface area contributed by atoms with E-state index in [0.717, 1.165) is 24.0 Å². The van der Waals surface area contributed by atoms with Crippen LogP contribution in [0.5, 0.6) is 0 Å². The van der Waals surface area contributed by atoms with E-state index in [1.807, 2.05) is 12.1 Å². The van der Waals surface area contributed by atoms with Crippen molar-refractivity contribution in [3.63, 3.8) is 0 Å². The molecule has 1 atom stereocenters. The molecular weight excluding hydrogens is 385 g/mol. The summed E-state index contributed by atoms with van der Waals surface area (Å²) in [6, 6.07) is 15.6. The Morgan fingerprint density at radius 3 is 1.97 bits per heavy atom. The molecule has 1 saturated heterocycles. The third-order valence-electron chi connectivity index (χ3n) is 6.37. The fraction of sp³-hybridized carbons (Fsp3) is 0.308. The summed E-state index contributed by atoms with van der Waals surface area (Å²) >= 11 is 0. The Balaban J connectivity index is 1.41. The van der Waals surface area contributed by atoms with E-state index in [4.69, 9.17) is 4.74 Å². The summed E-state index contributed by atoms with van der Waals surface area (Å²) in [6.07, 6.45) is 5.60. The lowest BCUT2D eigenvalue weighted by Gasteiger charge is -2.22. The van der Waals surface area contributed by atoms with Crippen molar-refractivity contribution in [3.8, 4) is 22.3 Å². The predicted octanol–water partition coefficient (Wildman–Crippen LogP) is 7.56. The van der Waals surface area contributed by atoms with Crippen molar-refractivity contribution >= 4 is 0 Å². The van der Waals surface area contributed by atoms with Gasteiger partial charge in [-0.2, -0.15) is 0 Å². The summed E-state index contributed by atoms with van der Waals surface area (Å²) in [5.41, 5.74) is 3.32. The monoisotopic (exact) mass is 408 g/mol. The standard InChI is InChI=1S/C26H23F3O/c27-23-14-19(16-4-2-1-3-5-16)10-11-20(23)17-6-8-18(9-7-17)21-12-13-22(24-15-30-24)26(29)25(21)28/h6-14,16,24H,1-5,15H2. The van der Waals surface area contributed by atoms with E-state index in [-0.39, 0.29) is 23.0 Å². The van der Waals surface area contributed by atoms with Crippen LogP contribution in [0.25, 0.3) is 22.3 Å².